The Morgan fingerprint density at radius 1 is 1.00 bits per heavy atom. The summed E-state index contributed by atoms with van der Waals surface area (Å²) in [7, 11) is 1.58. The molecule has 4 atom stereocenters. The standard InChI is InChI=1S/C23H22N2O4/c1-29-18-9-7-16(8-10-18)24-21(26)15-3-2-4-17(12-15)25-22(27)19-13-5-6-14(11-13)20(19)23(25)28/h2-4,7-10,12-14,19-20H,5-6,11H2,1H3,(H,24,26)/t13-,14-,19+,20+/m0/s1. The van der Waals surface area contributed by atoms with Gasteiger partial charge in [-0.05, 0) is 73.6 Å². The Balaban J connectivity index is 1.37. The maximum absolute atomic E-state index is 13.0. The van der Waals surface area contributed by atoms with E-state index in [4.69, 9.17) is 4.74 Å². The summed E-state index contributed by atoms with van der Waals surface area (Å²) in [6, 6.07) is 13.8. The Kier molecular flexibility index (Phi) is 4.15. The van der Waals surface area contributed by atoms with Crippen molar-refractivity contribution in [2.45, 2.75) is 19.3 Å². The number of anilines is 2. The monoisotopic (exact) mass is 390 g/mol. The van der Waals surface area contributed by atoms with Crippen LogP contribution in [0.25, 0.3) is 0 Å². The molecule has 1 N–H and O–H groups in total. The summed E-state index contributed by atoms with van der Waals surface area (Å²) in [6.07, 6.45) is 3.09. The average molecular weight is 390 g/mol. The lowest BCUT2D eigenvalue weighted by atomic mass is 9.81. The first kappa shape index (κ1) is 17.9. The summed E-state index contributed by atoms with van der Waals surface area (Å²) in [5.74, 6) is 0.559. The number of nitrogens with one attached hydrogen (secondary N) is 1. The maximum Gasteiger partial charge on any atom is 0.255 e. The number of methoxy groups -OCH3 is 1. The summed E-state index contributed by atoms with van der Waals surface area (Å²) < 4.78 is 5.12. The Bertz CT molecular complexity index is 972. The molecule has 1 saturated heterocycles. The van der Waals surface area contributed by atoms with Crippen molar-refractivity contribution in [1.82, 2.24) is 0 Å². The summed E-state index contributed by atoms with van der Waals surface area (Å²) in [6.45, 7) is 0. The summed E-state index contributed by atoms with van der Waals surface area (Å²) in [4.78, 5) is 40.0. The molecule has 1 heterocycles. The normalized spacial score (nSPS) is 27.3. The zero-order valence-electron chi connectivity index (χ0n) is 16.1. The van der Waals surface area contributed by atoms with E-state index in [9.17, 15) is 14.4 Å². The molecule has 2 aromatic carbocycles. The van der Waals surface area contributed by atoms with Crippen LogP contribution in [0, 0.1) is 23.7 Å². The number of rotatable bonds is 4. The van der Waals surface area contributed by atoms with Crippen molar-refractivity contribution in [3.63, 3.8) is 0 Å². The fourth-order valence-corrected chi connectivity index (χ4v) is 5.33. The molecule has 5 rings (SSSR count). The molecule has 0 radical (unpaired) electrons. The number of carbonyl (C=O) groups is 3. The third-order valence-corrected chi connectivity index (χ3v) is 6.64. The molecule has 6 heteroatoms. The molecule has 0 aromatic heterocycles. The van der Waals surface area contributed by atoms with Crippen molar-refractivity contribution in [3.05, 3.63) is 54.1 Å². The quantitative estimate of drug-likeness (QED) is 0.811. The molecule has 29 heavy (non-hydrogen) atoms. The van der Waals surface area contributed by atoms with Crippen LogP contribution in [0.1, 0.15) is 29.6 Å². The first-order valence-corrected chi connectivity index (χ1v) is 10.00. The number of hydrogen-bond acceptors (Lipinski definition) is 4. The minimum Gasteiger partial charge on any atom is -0.497 e. The van der Waals surface area contributed by atoms with E-state index in [1.54, 1.807) is 55.6 Å². The lowest BCUT2D eigenvalue weighted by Gasteiger charge is -2.19. The zero-order valence-corrected chi connectivity index (χ0v) is 16.1. The highest BCUT2D eigenvalue weighted by molar-refractivity contribution is 6.23. The molecule has 0 unspecified atom stereocenters. The van der Waals surface area contributed by atoms with Gasteiger partial charge in [-0.25, -0.2) is 0 Å². The van der Waals surface area contributed by atoms with Gasteiger partial charge >= 0.3 is 0 Å². The number of hydrogen-bond donors (Lipinski definition) is 1. The van der Waals surface area contributed by atoms with Crippen LogP contribution >= 0.6 is 0 Å². The molecule has 2 bridgehead atoms. The number of fused-ring (bicyclic) bond motifs is 5. The van der Waals surface area contributed by atoms with E-state index in [-0.39, 0.29) is 29.6 Å². The van der Waals surface area contributed by atoms with Gasteiger partial charge in [0.2, 0.25) is 11.8 Å². The predicted molar refractivity (Wildman–Crippen MR) is 108 cm³/mol. The van der Waals surface area contributed by atoms with Crippen LogP contribution in [0.15, 0.2) is 48.5 Å². The van der Waals surface area contributed by atoms with E-state index in [0.717, 1.165) is 19.3 Å². The van der Waals surface area contributed by atoms with Crippen LogP contribution in [0.5, 0.6) is 5.75 Å². The van der Waals surface area contributed by atoms with Gasteiger partial charge in [0.15, 0.2) is 0 Å². The van der Waals surface area contributed by atoms with Crippen molar-refractivity contribution in [3.8, 4) is 5.75 Å². The first-order chi connectivity index (χ1) is 14.1. The number of benzene rings is 2. The SMILES string of the molecule is COc1ccc(NC(=O)c2cccc(N3C(=O)[C@@H]4[C@H]5CC[C@@H](C5)[C@H]4C3=O)c2)cc1. The van der Waals surface area contributed by atoms with Gasteiger partial charge < -0.3 is 10.1 Å². The van der Waals surface area contributed by atoms with Gasteiger partial charge in [0, 0.05) is 11.3 Å². The van der Waals surface area contributed by atoms with Crippen LogP contribution in [-0.2, 0) is 9.59 Å². The van der Waals surface area contributed by atoms with Gasteiger partial charge in [-0.15, -0.1) is 0 Å². The van der Waals surface area contributed by atoms with Gasteiger partial charge in [-0.2, -0.15) is 0 Å². The van der Waals surface area contributed by atoms with Crippen molar-refractivity contribution < 1.29 is 19.1 Å². The second kappa shape index (κ2) is 6.72. The Morgan fingerprint density at radius 3 is 2.28 bits per heavy atom. The van der Waals surface area contributed by atoms with Gasteiger partial charge in [-0.1, -0.05) is 6.07 Å². The largest absolute Gasteiger partial charge is 0.497 e. The van der Waals surface area contributed by atoms with Crippen LogP contribution < -0.4 is 15.0 Å². The van der Waals surface area contributed by atoms with Crippen molar-refractivity contribution >= 4 is 29.1 Å². The highest BCUT2D eigenvalue weighted by Crippen LogP contribution is 2.56. The smallest absolute Gasteiger partial charge is 0.255 e. The molecule has 2 aliphatic carbocycles. The van der Waals surface area contributed by atoms with E-state index in [1.807, 2.05) is 0 Å². The second-order valence-corrected chi connectivity index (χ2v) is 8.13. The molecule has 1 aliphatic heterocycles. The summed E-state index contributed by atoms with van der Waals surface area (Å²) in [5, 5.41) is 2.83. The van der Waals surface area contributed by atoms with E-state index in [1.165, 1.54) is 4.90 Å². The topological polar surface area (TPSA) is 75.7 Å². The fraction of sp³-hybridized carbons (Fsp3) is 0.348. The van der Waals surface area contributed by atoms with Crippen LogP contribution in [0.4, 0.5) is 11.4 Å². The van der Waals surface area contributed by atoms with E-state index in [2.05, 4.69) is 5.32 Å². The zero-order chi connectivity index (χ0) is 20.1. The molecule has 6 nitrogen and oxygen atoms in total. The van der Waals surface area contributed by atoms with Gasteiger partial charge in [0.05, 0.1) is 24.6 Å². The lowest BCUT2D eigenvalue weighted by Crippen LogP contribution is -2.33. The molecule has 3 amide bonds. The summed E-state index contributed by atoms with van der Waals surface area (Å²) in [5.41, 5.74) is 1.52. The average Bonchev–Trinajstić information content (AvgIpc) is 3.42. The highest BCUT2D eigenvalue weighted by atomic mass is 16.5. The molecular weight excluding hydrogens is 368 g/mol. The molecule has 3 fully saturated rings. The maximum atomic E-state index is 13.0. The molecule has 148 valence electrons. The van der Waals surface area contributed by atoms with Crippen LogP contribution in [0.2, 0.25) is 0 Å². The predicted octanol–water partition coefficient (Wildman–Crippen LogP) is 3.48. The minimum absolute atomic E-state index is 0.0973. The Morgan fingerprint density at radius 2 is 1.66 bits per heavy atom. The second-order valence-electron chi connectivity index (χ2n) is 8.13. The molecule has 2 saturated carbocycles. The molecule has 2 aromatic rings. The highest BCUT2D eigenvalue weighted by Gasteiger charge is 2.61. The lowest BCUT2D eigenvalue weighted by molar-refractivity contribution is -0.123. The van der Waals surface area contributed by atoms with E-state index in [0.29, 0.717) is 34.5 Å². The number of imide groups is 1. The fourth-order valence-electron chi connectivity index (χ4n) is 5.33. The molecule has 0 spiro atoms. The third kappa shape index (κ3) is 2.82. The number of carbonyl (C=O) groups excluding carboxylic acids is 3. The van der Waals surface area contributed by atoms with Crippen molar-refractivity contribution in [1.29, 1.82) is 0 Å². The van der Waals surface area contributed by atoms with Crippen molar-refractivity contribution in [2.75, 3.05) is 17.3 Å². The van der Waals surface area contributed by atoms with Crippen molar-refractivity contribution in [2.24, 2.45) is 23.7 Å². The molecule has 3 aliphatic rings. The van der Waals surface area contributed by atoms with Gasteiger partial charge in [0.1, 0.15) is 5.75 Å². The van der Waals surface area contributed by atoms with Crippen LogP contribution in [-0.4, -0.2) is 24.8 Å². The number of nitrogens with zero attached hydrogens (tertiary/aromatic N) is 1. The van der Waals surface area contributed by atoms with E-state index >= 15 is 0 Å². The minimum atomic E-state index is -0.295. The third-order valence-electron chi connectivity index (χ3n) is 6.64. The Hall–Kier alpha value is -3.15. The number of amides is 3. The van der Waals surface area contributed by atoms with E-state index < -0.39 is 0 Å². The first-order valence-electron chi connectivity index (χ1n) is 10.00. The molecular formula is C23H22N2O4. The van der Waals surface area contributed by atoms with Crippen LogP contribution in [0.3, 0.4) is 0 Å². The summed E-state index contributed by atoms with van der Waals surface area (Å²) >= 11 is 0. The van der Waals surface area contributed by atoms with Gasteiger partial charge in [-0.3, -0.25) is 19.3 Å². The van der Waals surface area contributed by atoms with Gasteiger partial charge in [0.25, 0.3) is 5.91 Å². The Labute approximate surface area is 168 Å². The number of ether oxygens (including phenoxy) is 1.